The van der Waals surface area contributed by atoms with E-state index in [1.54, 1.807) is 6.26 Å². The highest BCUT2D eigenvalue weighted by Gasteiger charge is 2.18. The molecule has 0 atom stereocenters. The van der Waals surface area contributed by atoms with Gasteiger partial charge in [0, 0.05) is 6.42 Å². The normalized spacial score (nSPS) is 11.4. The molecule has 1 aromatic carbocycles. The van der Waals surface area contributed by atoms with E-state index in [2.05, 4.69) is 46.3 Å². The SMILES string of the molecule is CC(C)Cc1nc(CSc2nnc(-c3ccco3)n2Cc2ccccc2)no1. The molecular formula is C20H21N5O2S. The topological polar surface area (TPSA) is 82.8 Å². The second-order valence-electron chi connectivity index (χ2n) is 6.85. The molecule has 0 aliphatic carbocycles. The summed E-state index contributed by atoms with van der Waals surface area (Å²) >= 11 is 1.53. The molecule has 28 heavy (non-hydrogen) atoms. The first-order chi connectivity index (χ1) is 13.7. The highest BCUT2D eigenvalue weighted by atomic mass is 32.2. The molecule has 0 spiro atoms. The average molecular weight is 395 g/mol. The van der Waals surface area contributed by atoms with Crippen molar-refractivity contribution < 1.29 is 8.94 Å². The highest BCUT2D eigenvalue weighted by Crippen LogP contribution is 2.27. The molecule has 0 fully saturated rings. The van der Waals surface area contributed by atoms with Crippen LogP contribution in [0.25, 0.3) is 11.6 Å². The molecule has 8 heteroatoms. The number of hydrogen-bond donors (Lipinski definition) is 0. The third-order valence-corrected chi connectivity index (χ3v) is 5.03. The van der Waals surface area contributed by atoms with E-state index in [0.717, 1.165) is 17.1 Å². The van der Waals surface area contributed by atoms with E-state index in [-0.39, 0.29) is 0 Å². The summed E-state index contributed by atoms with van der Waals surface area (Å²) in [4.78, 5) is 4.46. The van der Waals surface area contributed by atoms with Crippen LogP contribution in [0.4, 0.5) is 0 Å². The van der Waals surface area contributed by atoms with Gasteiger partial charge in [0.1, 0.15) is 0 Å². The molecule has 144 valence electrons. The first kappa shape index (κ1) is 18.5. The molecule has 4 aromatic rings. The number of hydrogen-bond acceptors (Lipinski definition) is 7. The zero-order chi connectivity index (χ0) is 19.3. The molecule has 0 saturated heterocycles. The van der Waals surface area contributed by atoms with Gasteiger partial charge in [-0.1, -0.05) is 61.1 Å². The van der Waals surface area contributed by atoms with Gasteiger partial charge in [-0.25, -0.2) is 0 Å². The molecule has 0 bridgehead atoms. The fourth-order valence-electron chi connectivity index (χ4n) is 2.80. The number of thioether (sulfide) groups is 1. The van der Waals surface area contributed by atoms with Crippen molar-refractivity contribution in [3.05, 3.63) is 66.0 Å². The van der Waals surface area contributed by atoms with E-state index in [1.807, 2.05) is 34.9 Å². The van der Waals surface area contributed by atoms with Gasteiger partial charge in [-0.05, 0) is 23.6 Å². The molecule has 0 saturated carbocycles. The number of benzene rings is 1. The van der Waals surface area contributed by atoms with Crippen molar-refractivity contribution >= 4 is 11.8 Å². The Morgan fingerprint density at radius 2 is 1.93 bits per heavy atom. The van der Waals surface area contributed by atoms with Crippen molar-refractivity contribution in [2.45, 2.75) is 37.7 Å². The molecule has 0 amide bonds. The van der Waals surface area contributed by atoms with Crippen LogP contribution in [0.1, 0.15) is 31.1 Å². The lowest BCUT2D eigenvalue weighted by atomic mass is 10.1. The van der Waals surface area contributed by atoms with Crippen molar-refractivity contribution in [2.24, 2.45) is 5.92 Å². The predicted molar refractivity (Wildman–Crippen MR) is 106 cm³/mol. The van der Waals surface area contributed by atoms with Crippen molar-refractivity contribution in [3.63, 3.8) is 0 Å². The third-order valence-electron chi connectivity index (χ3n) is 4.07. The Balaban J connectivity index is 1.55. The standard InChI is InChI=1S/C20H21N5O2S/c1-14(2)11-18-21-17(24-27-18)13-28-20-23-22-19(16-9-6-10-26-16)25(20)12-15-7-4-3-5-8-15/h3-10,14H,11-13H2,1-2H3. The number of aromatic nitrogens is 5. The summed E-state index contributed by atoms with van der Waals surface area (Å²) in [5.74, 6) is 3.76. The summed E-state index contributed by atoms with van der Waals surface area (Å²) in [6.07, 6.45) is 2.42. The third kappa shape index (κ3) is 4.33. The monoisotopic (exact) mass is 395 g/mol. The molecule has 0 radical (unpaired) electrons. The highest BCUT2D eigenvalue weighted by molar-refractivity contribution is 7.98. The van der Waals surface area contributed by atoms with E-state index >= 15 is 0 Å². The molecule has 0 unspecified atom stereocenters. The summed E-state index contributed by atoms with van der Waals surface area (Å²) in [5, 5.41) is 13.6. The summed E-state index contributed by atoms with van der Waals surface area (Å²) in [7, 11) is 0. The molecule has 0 aliphatic heterocycles. The van der Waals surface area contributed by atoms with E-state index in [4.69, 9.17) is 8.94 Å². The Morgan fingerprint density at radius 1 is 1.07 bits per heavy atom. The van der Waals surface area contributed by atoms with Crippen LogP contribution in [0.2, 0.25) is 0 Å². The van der Waals surface area contributed by atoms with Crippen LogP contribution in [0.3, 0.4) is 0 Å². The lowest BCUT2D eigenvalue weighted by Crippen LogP contribution is -2.04. The first-order valence-corrected chi connectivity index (χ1v) is 10.1. The zero-order valence-electron chi connectivity index (χ0n) is 15.8. The van der Waals surface area contributed by atoms with E-state index in [1.165, 1.54) is 11.8 Å². The van der Waals surface area contributed by atoms with Crippen molar-refractivity contribution in [1.82, 2.24) is 24.9 Å². The van der Waals surface area contributed by atoms with Crippen LogP contribution in [0.15, 0.2) is 62.8 Å². The number of rotatable bonds is 8. The maximum absolute atomic E-state index is 5.54. The largest absolute Gasteiger partial charge is 0.461 e. The fraction of sp³-hybridized carbons (Fsp3) is 0.300. The van der Waals surface area contributed by atoms with E-state index < -0.39 is 0 Å². The van der Waals surface area contributed by atoms with Crippen molar-refractivity contribution in [3.8, 4) is 11.6 Å². The molecule has 7 nitrogen and oxygen atoms in total. The molecule has 3 heterocycles. The van der Waals surface area contributed by atoms with Crippen molar-refractivity contribution in [2.75, 3.05) is 0 Å². The minimum atomic E-state index is 0.478. The van der Waals surface area contributed by atoms with E-state index in [9.17, 15) is 0 Å². The first-order valence-electron chi connectivity index (χ1n) is 9.14. The predicted octanol–water partition coefficient (Wildman–Crippen LogP) is 4.46. The van der Waals surface area contributed by atoms with Crippen LogP contribution in [-0.4, -0.2) is 24.9 Å². The van der Waals surface area contributed by atoms with Crippen LogP contribution in [0, 0.1) is 5.92 Å². The maximum Gasteiger partial charge on any atom is 0.226 e. The van der Waals surface area contributed by atoms with Crippen LogP contribution >= 0.6 is 11.8 Å². The Kier molecular flexibility index (Phi) is 5.57. The van der Waals surface area contributed by atoms with Crippen LogP contribution in [-0.2, 0) is 18.7 Å². The quantitative estimate of drug-likeness (QED) is 0.407. The molecule has 3 aromatic heterocycles. The van der Waals surface area contributed by atoms with Gasteiger partial charge in [0.05, 0.1) is 18.6 Å². The van der Waals surface area contributed by atoms with Crippen LogP contribution < -0.4 is 0 Å². The summed E-state index contributed by atoms with van der Waals surface area (Å²) in [6, 6.07) is 13.9. The average Bonchev–Trinajstić information content (AvgIpc) is 3.42. The summed E-state index contributed by atoms with van der Waals surface area (Å²) in [5.41, 5.74) is 1.16. The Morgan fingerprint density at radius 3 is 2.68 bits per heavy atom. The van der Waals surface area contributed by atoms with Gasteiger partial charge in [-0.15, -0.1) is 10.2 Å². The van der Waals surface area contributed by atoms with Gasteiger partial charge in [-0.3, -0.25) is 4.57 Å². The Bertz CT molecular complexity index is 1010. The molecular weight excluding hydrogens is 374 g/mol. The second kappa shape index (κ2) is 8.43. The minimum absolute atomic E-state index is 0.478. The van der Waals surface area contributed by atoms with Gasteiger partial charge in [0.2, 0.25) is 11.7 Å². The number of furan rings is 1. The van der Waals surface area contributed by atoms with Crippen LogP contribution in [0.5, 0.6) is 0 Å². The second-order valence-corrected chi connectivity index (χ2v) is 7.79. The lowest BCUT2D eigenvalue weighted by Gasteiger charge is -2.08. The zero-order valence-corrected chi connectivity index (χ0v) is 16.6. The smallest absolute Gasteiger partial charge is 0.226 e. The lowest BCUT2D eigenvalue weighted by molar-refractivity contribution is 0.360. The van der Waals surface area contributed by atoms with Crippen molar-refractivity contribution in [1.29, 1.82) is 0 Å². The summed E-state index contributed by atoms with van der Waals surface area (Å²) in [6.45, 7) is 4.90. The van der Waals surface area contributed by atoms with Gasteiger partial charge in [0.15, 0.2) is 16.7 Å². The van der Waals surface area contributed by atoms with Gasteiger partial charge < -0.3 is 8.94 Å². The Labute approximate surface area is 167 Å². The Hall–Kier alpha value is -2.87. The van der Waals surface area contributed by atoms with Gasteiger partial charge in [-0.2, -0.15) is 4.98 Å². The molecule has 0 N–H and O–H groups in total. The summed E-state index contributed by atoms with van der Waals surface area (Å²) < 4.78 is 12.9. The fourth-order valence-corrected chi connectivity index (χ4v) is 3.58. The van der Waals surface area contributed by atoms with Gasteiger partial charge >= 0.3 is 0 Å². The number of nitrogens with zero attached hydrogens (tertiary/aromatic N) is 5. The maximum atomic E-state index is 5.54. The molecule has 0 aliphatic rings. The van der Waals surface area contributed by atoms with E-state index in [0.29, 0.717) is 41.5 Å². The minimum Gasteiger partial charge on any atom is -0.461 e. The van der Waals surface area contributed by atoms with Gasteiger partial charge in [0.25, 0.3) is 0 Å². The molecule has 4 rings (SSSR count).